The molecule has 7 nitrogen and oxygen atoms in total. The van der Waals surface area contributed by atoms with E-state index in [9.17, 15) is 9.59 Å². The average molecular weight is 442 g/mol. The van der Waals surface area contributed by atoms with E-state index in [0.29, 0.717) is 39.0 Å². The van der Waals surface area contributed by atoms with Crippen LogP contribution in [0.25, 0.3) is 22.4 Å². The molecule has 0 unspecified atom stereocenters. The first-order valence-electron chi connectivity index (χ1n) is 10.1. The zero-order valence-corrected chi connectivity index (χ0v) is 18.3. The highest BCUT2D eigenvalue weighted by atomic mass is 32.2. The Morgan fingerprint density at radius 3 is 2.59 bits per heavy atom. The zero-order chi connectivity index (χ0) is 22.2. The molecule has 1 aromatic carbocycles. The van der Waals surface area contributed by atoms with Gasteiger partial charge in [0.2, 0.25) is 0 Å². The normalized spacial score (nSPS) is 11.3. The number of pyridine rings is 2. The van der Waals surface area contributed by atoms with Crippen molar-refractivity contribution in [2.75, 3.05) is 0 Å². The minimum atomic E-state index is -0.184. The van der Waals surface area contributed by atoms with Gasteiger partial charge in [0.05, 0.1) is 16.6 Å². The van der Waals surface area contributed by atoms with Crippen molar-refractivity contribution >= 4 is 28.3 Å². The molecule has 4 heterocycles. The molecule has 0 saturated carbocycles. The molecule has 0 radical (unpaired) electrons. The number of hydrogen-bond acceptors (Lipinski definition) is 6. The van der Waals surface area contributed by atoms with Gasteiger partial charge in [0.1, 0.15) is 11.5 Å². The first-order chi connectivity index (χ1) is 15.5. The number of thioether (sulfide) groups is 1. The summed E-state index contributed by atoms with van der Waals surface area (Å²) >= 11 is 1.35. The van der Waals surface area contributed by atoms with Crippen LogP contribution in [0.5, 0.6) is 0 Å². The predicted molar refractivity (Wildman–Crippen MR) is 126 cm³/mol. The molecule has 5 aromatic rings. The van der Waals surface area contributed by atoms with Gasteiger partial charge in [-0.3, -0.25) is 14.0 Å². The molecular weight excluding hydrogens is 422 g/mol. The van der Waals surface area contributed by atoms with Gasteiger partial charge in [0.25, 0.3) is 11.1 Å². The maximum absolute atomic E-state index is 13.3. The van der Waals surface area contributed by atoms with Crippen molar-refractivity contribution in [3.05, 3.63) is 105 Å². The van der Waals surface area contributed by atoms with E-state index < -0.39 is 0 Å². The van der Waals surface area contributed by atoms with Gasteiger partial charge < -0.3 is 0 Å². The van der Waals surface area contributed by atoms with Gasteiger partial charge >= 0.3 is 0 Å². The Morgan fingerprint density at radius 2 is 1.78 bits per heavy atom. The third kappa shape index (κ3) is 3.69. The fourth-order valence-corrected chi connectivity index (χ4v) is 4.36. The molecule has 0 atom stereocenters. The van der Waals surface area contributed by atoms with Crippen molar-refractivity contribution in [1.82, 2.24) is 23.9 Å². The number of benzene rings is 1. The van der Waals surface area contributed by atoms with E-state index in [1.165, 1.54) is 26.8 Å². The molecule has 0 aliphatic carbocycles. The summed E-state index contributed by atoms with van der Waals surface area (Å²) < 4.78 is 3.03. The summed E-state index contributed by atoms with van der Waals surface area (Å²) in [6.45, 7) is 3.90. The molecule has 158 valence electrons. The summed E-state index contributed by atoms with van der Waals surface area (Å²) in [5.41, 5.74) is 3.53. The number of rotatable bonds is 4. The lowest BCUT2D eigenvalue weighted by Crippen LogP contribution is -2.22. The molecule has 0 amide bonds. The first kappa shape index (κ1) is 20.1. The standard InChI is InChI=1S/C24H19N5O2S/c1-15-9-10-28-21(11-15)26-17(12-22(28)30)14-32-24-27-19-6-4-3-5-18(19)23(31)29(24)20-8-7-16(2)13-25-20/h3-13H,14H2,1-2H3. The smallest absolute Gasteiger partial charge is 0.267 e. The molecule has 0 fully saturated rings. The van der Waals surface area contributed by atoms with Gasteiger partial charge in [-0.25, -0.2) is 19.5 Å². The van der Waals surface area contributed by atoms with Crippen molar-refractivity contribution in [1.29, 1.82) is 0 Å². The van der Waals surface area contributed by atoms with E-state index in [2.05, 4.69) is 9.97 Å². The molecule has 32 heavy (non-hydrogen) atoms. The van der Waals surface area contributed by atoms with E-state index >= 15 is 0 Å². The Labute approximate surface area is 187 Å². The highest BCUT2D eigenvalue weighted by Crippen LogP contribution is 2.23. The molecule has 0 aliphatic rings. The van der Waals surface area contributed by atoms with Crippen LogP contribution in [0.3, 0.4) is 0 Å². The van der Waals surface area contributed by atoms with Crippen LogP contribution in [0.15, 0.2) is 81.7 Å². The Balaban J connectivity index is 1.60. The van der Waals surface area contributed by atoms with Crippen LogP contribution in [-0.4, -0.2) is 23.9 Å². The van der Waals surface area contributed by atoms with Crippen LogP contribution in [0, 0.1) is 13.8 Å². The summed E-state index contributed by atoms with van der Waals surface area (Å²) in [5, 5.41) is 1.02. The quantitative estimate of drug-likeness (QED) is 0.312. The second kappa shape index (κ2) is 8.05. The van der Waals surface area contributed by atoms with Crippen LogP contribution in [0.1, 0.15) is 16.8 Å². The Bertz CT molecular complexity index is 1590. The van der Waals surface area contributed by atoms with Gasteiger partial charge in [-0.15, -0.1) is 0 Å². The highest BCUT2D eigenvalue weighted by Gasteiger charge is 2.15. The van der Waals surface area contributed by atoms with Crippen LogP contribution in [-0.2, 0) is 5.75 Å². The molecule has 0 bridgehead atoms. The van der Waals surface area contributed by atoms with Gasteiger partial charge in [-0.1, -0.05) is 30.0 Å². The third-order valence-electron chi connectivity index (χ3n) is 5.09. The lowest BCUT2D eigenvalue weighted by atomic mass is 10.2. The molecule has 0 spiro atoms. The third-order valence-corrected chi connectivity index (χ3v) is 6.07. The maximum atomic E-state index is 13.3. The van der Waals surface area contributed by atoms with Crippen molar-refractivity contribution in [2.45, 2.75) is 24.8 Å². The molecule has 0 N–H and O–H groups in total. The van der Waals surface area contributed by atoms with Crippen LogP contribution in [0.2, 0.25) is 0 Å². The van der Waals surface area contributed by atoms with E-state index in [1.807, 2.05) is 50.2 Å². The summed E-state index contributed by atoms with van der Waals surface area (Å²) in [4.78, 5) is 39.6. The molecule has 0 saturated heterocycles. The summed E-state index contributed by atoms with van der Waals surface area (Å²) in [6, 6.07) is 16.2. The van der Waals surface area contributed by atoms with Crippen molar-refractivity contribution < 1.29 is 0 Å². The fourth-order valence-electron chi connectivity index (χ4n) is 3.47. The van der Waals surface area contributed by atoms with E-state index in [4.69, 9.17) is 4.98 Å². The number of para-hydroxylation sites is 1. The lowest BCUT2D eigenvalue weighted by Gasteiger charge is -2.12. The summed E-state index contributed by atoms with van der Waals surface area (Å²) in [7, 11) is 0. The van der Waals surface area contributed by atoms with Crippen molar-refractivity contribution in [3.8, 4) is 5.82 Å². The second-order valence-corrected chi connectivity index (χ2v) is 8.50. The summed E-state index contributed by atoms with van der Waals surface area (Å²) in [6.07, 6.45) is 3.45. The van der Waals surface area contributed by atoms with Gasteiger partial charge in [-0.2, -0.15) is 0 Å². The highest BCUT2D eigenvalue weighted by molar-refractivity contribution is 7.98. The zero-order valence-electron chi connectivity index (χ0n) is 17.5. The largest absolute Gasteiger partial charge is 0.269 e. The Kier molecular flexibility index (Phi) is 5.07. The van der Waals surface area contributed by atoms with E-state index in [1.54, 1.807) is 24.5 Å². The summed E-state index contributed by atoms with van der Waals surface area (Å²) in [5.74, 6) is 0.888. The molecule has 8 heteroatoms. The van der Waals surface area contributed by atoms with Crippen LogP contribution >= 0.6 is 11.8 Å². The van der Waals surface area contributed by atoms with E-state index in [0.717, 1.165) is 11.1 Å². The molecule has 4 aromatic heterocycles. The van der Waals surface area contributed by atoms with Crippen molar-refractivity contribution in [3.63, 3.8) is 0 Å². The van der Waals surface area contributed by atoms with Crippen LogP contribution in [0.4, 0.5) is 0 Å². The monoisotopic (exact) mass is 441 g/mol. The topological polar surface area (TPSA) is 82.1 Å². The maximum Gasteiger partial charge on any atom is 0.267 e. The number of aryl methyl sites for hydroxylation is 2. The lowest BCUT2D eigenvalue weighted by molar-refractivity contribution is 0.794. The molecular formula is C24H19N5O2S. The SMILES string of the molecule is Cc1ccc(-n2c(SCc3cc(=O)n4ccc(C)cc4n3)nc3ccccc3c2=O)nc1. The fraction of sp³-hybridized carbons (Fsp3) is 0.125. The minimum absolute atomic E-state index is 0.144. The predicted octanol–water partition coefficient (Wildman–Crippen LogP) is 3.70. The number of aromatic nitrogens is 5. The Hall–Kier alpha value is -3.78. The second-order valence-electron chi connectivity index (χ2n) is 7.55. The van der Waals surface area contributed by atoms with Gasteiger partial charge in [-0.05, 0) is 55.3 Å². The number of hydrogen-bond donors (Lipinski definition) is 0. The molecule has 5 rings (SSSR count). The minimum Gasteiger partial charge on any atom is -0.269 e. The van der Waals surface area contributed by atoms with Gasteiger partial charge in [0.15, 0.2) is 5.16 Å². The van der Waals surface area contributed by atoms with Gasteiger partial charge in [0, 0.05) is 24.2 Å². The number of fused-ring (bicyclic) bond motifs is 2. The van der Waals surface area contributed by atoms with Crippen molar-refractivity contribution in [2.24, 2.45) is 0 Å². The first-order valence-corrected chi connectivity index (χ1v) is 11.0. The molecule has 0 aliphatic heterocycles. The number of nitrogens with zero attached hydrogens (tertiary/aromatic N) is 5. The Morgan fingerprint density at radius 1 is 0.938 bits per heavy atom. The van der Waals surface area contributed by atoms with Crippen LogP contribution < -0.4 is 11.1 Å². The van der Waals surface area contributed by atoms with E-state index in [-0.39, 0.29) is 11.1 Å². The average Bonchev–Trinajstić information content (AvgIpc) is 2.78.